The van der Waals surface area contributed by atoms with Crippen LogP contribution >= 0.6 is 0 Å². The van der Waals surface area contributed by atoms with E-state index in [-0.39, 0.29) is 0 Å². The topological polar surface area (TPSA) is 65.5 Å². The van der Waals surface area contributed by atoms with E-state index in [1.54, 1.807) is 6.07 Å². The fourth-order valence-electron chi connectivity index (χ4n) is 2.18. The van der Waals surface area contributed by atoms with Gasteiger partial charge in [0.2, 0.25) is 0 Å². The minimum absolute atomic E-state index is 0.397. The molecule has 0 spiro atoms. The van der Waals surface area contributed by atoms with Crippen LogP contribution in [-0.2, 0) is 6.61 Å². The molecule has 88 valence electrons. The maximum Gasteiger partial charge on any atom is 0.336 e. The first kappa shape index (κ1) is 9.47. The van der Waals surface area contributed by atoms with Crippen molar-refractivity contribution in [3.63, 3.8) is 0 Å². The van der Waals surface area contributed by atoms with Crippen LogP contribution in [0.4, 0.5) is 0 Å². The molecule has 0 unspecified atom stereocenters. The SMILES string of the molecule is O=c1ccc2ccc3c(c2o1)-c1nocc1CO3. The predicted octanol–water partition coefficient (Wildman–Crippen LogP) is 2.34. The quantitative estimate of drug-likeness (QED) is 0.565. The van der Waals surface area contributed by atoms with Gasteiger partial charge in [0.05, 0.1) is 11.1 Å². The Morgan fingerprint density at radius 3 is 3.00 bits per heavy atom. The highest BCUT2D eigenvalue weighted by Crippen LogP contribution is 2.40. The molecule has 4 rings (SSSR count). The standard InChI is InChI=1S/C13H7NO4/c15-10-4-2-7-1-3-9-11(13(7)18-10)12-8(5-16-9)6-17-14-12/h1-4,6H,5H2. The lowest BCUT2D eigenvalue weighted by atomic mass is 10.0. The van der Waals surface area contributed by atoms with E-state index in [4.69, 9.17) is 13.7 Å². The van der Waals surface area contributed by atoms with E-state index < -0.39 is 5.63 Å². The molecular formula is C13H7NO4. The van der Waals surface area contributed by atoms with Crippen LogP contribution in [0.15, 0.2) is 44.3 Å². The van der Waals surface area contributed by atoms with Crippen LogP contribution in [0.25, 0.3) is 22.2 Å². The fourth-order valence-corrected chi connectivity index (χ4v) is 2.18. The van der Waals surface area contributed by atoms with Gasteiger partial charge in [-0.2, -0.15) is 0 Å². The monoisotopic (exact) mass is 241 g/mol. The third-order valence-corrected chi connectivity index (χ3v) is 3.01. The van der Waals surface area contributed by atoms with Crippen molar-refractivity contribution in [3.8, 4) is 17.0 Å². The molecule has 0 bridgehead atoms. The van der Waals surface area contributed by atoms with E-state index in [9.17, 15) is 4.79 Å². The van der Waals surface area contributed by atoms with Crippen LogP contribution in [0.2, 0.25) is 0 Å². The molecule has 0 fully saturated rings. The third kappa shape index (κ3) is 1.15. The van der Waals surface area contributed by atoms with Gasteiger partial charge in [-0.25, -0.2) is 4.79 Å². The Morgan fingerprint density at radius 1 is 1.17 bits per heavy atom. The minimum atomic E-state index is -0.397. The summed E-state index contributed by atoms with van der Waals surface area (Å²) in [4.78, 5) is 11.4. The van der Waals surface area contributed by atoms with E-state index in [0.29, 0.717) is 29.2 Å². The molecule has 1 aromatic carbocycles. The van der Waals surface area contributed by atoms with Crippen LogP contribution in [0.3, 0.4) is 0 Å². The summed E-state index contributed by atoms with van der Waals surface area (Å²) < 4.78 is 15.8. The number of hydrogen-bond acceptors (Lipinski definition) is 5. The van der Waals surface area contributed by atoms with Gasteiger partial charge in [0.15, 0.2) is 5.58 Å². The smallest absolute Gasteiger partial charge is 0.336 e. The van der Waals surface area contributed by atoms with Gasteiger partial charge < -0.3 is 13.7 Å². The van der Waals surface area contributed by atoms with E-state index >= 15 is 0 Å². The summed E-state index contributed by atoms with van der Waals surface area (Å²) >= 11 is 0. The predicted molar refractivity (Wildman–Crippen MR) is 62.3 cm³/mol. The molecular weight excluding hydrogens is 234 g/mol. The van der Waals surface area contributed by atoms with E-state index in [0.717, 1.165) is 10.9 Å². The van der Waals surface area contributed by atoms with Gasteiger partial charge in [-0.05, 0) is 18.2 Å². The molecule has 18 heavy (non-hydrogen) atoms. The molecule has 0 saturated heterocycles. The average molecular weight is 241 g/mol. The normalized spacial score (nSPS) is 12.9. The molecule has 0 radical (unpaired) electrons. The molecule has 5 nitrogen and oxygen atoms in total. The second kappa shape index (κ2) is 3.22. The Labute approximate surface area is 101 Å². The summed E-state index contributed by atoms with van der Waals surface area (Å²) in [7, 11) is 0. The highest BCUT2D eigenvalue weighted by Gasteiger charge is 2.24. The van der Waals surface area contributed by atoms with E-state index in [2.05, 4.69) is 5.16 Å². The Morgan fingerprint density at radius 2 is 2.06 bits per heavy atom. The number of rotatable bonds is 0. The van der Waals surface area contributed by atoms with Gasteiger partial charge in [-0.3, -0.25) is 0 Å². The Balaban J connectivity index is 2.19. The Kier molecular flexibility index (Phi) is 1.70. The van der Waals surface area contributed by atoms with Crippen LogP contribution < -0.4 is 10.4 Å². The van der Waals surface area contributed by atoms with Gasteiger partial charge >= 0.3 is 5.63 Å². The zero-order valence-corrected chi connectivity index (χ0v) is 9.17. The van der Waals surface area contributed by atoms with Gasteiger partial charge in [0, 0.05) is 11.5 Å². The van der Waals surface area contributed by atoms with Crippen molar-refractivity contribution in [1.82, 2.24) is 5.16 Å². The molecule has 0 atom stereocenters. The fraction of sp³-hybridized carbons (Fsp3) is 0.0769. The first-order chi connectivity index (χ1) is 8.83. The zero-order chi connectivity index (χ0) is 12.1. The largest absolute Gasteiger partial charge is 0.488 e. The molecule has 2 aromatic heterocycles. The lowest BCUT2D eigenvalue weighted by Crippen LogP contribution is -2.05. The van der Waals surface area contributed by atoms with Crippen molar-refractivity contribution in [1.29, 1.82) is 0 Å². The summed E-state index contributed by atoms with van der Waals surface area (Å²) in [6.45, 7) is 0.411. The molecule has 0 amide bonds. The Bertz CT molecular complexity index is 815. The maximum absolute atomic E-state index is 11.4. The lowest BCUT2D eigenvalue weighted by Gasteiger charge is -2.16. The highest BCUT2D eigenvalue weighted by molar-refractivity contribution is 5.95. The van der Waals surface area contributed by atoms with Crippen molar-refractivity contribution >= 4 is 11.0 Å². The molecule has 0 aliphatic carbocycles. The number of benzene rings is 1. The van der Waals surface area contributed by atoms with Crippen LogP contribution in [-0.4, -0.2) is 5.16 Å². The van der Waals surface area contributed by atoms with Gasteiger partial charge in [0.25, 0.3) is 0 Å². The van der Waals surface area contributed by atoms with Crippen molar-refractivity contribution in [2.24, 2.45) is 0 Å². The summed E-state index contributed by atoms with van der Waals surface area (Å²) in [6, 6.07) is 6.80. The second-order valence-corrected chi connectivity index (χ2v) is 4.09. The zero-order valence-electron chi connectivity index (χ0n) is 9.17. The molecule has 3 heterocycles. The van der Waals surface area contributed by atoms with E-state index in [1.165, 1.54) is 12.3 Å². The number of hydrogen-bond donors (Lipinski definition) is 0. The summed E-state index contributed by atoms with van der Waals surface area (Å²) in [5, 5.41) is 4.79. The lowest BCUT2D eigenvalue weighted by molar-refractivity contribution is 0.301. The van der Waals surface area contributed by atoms with Crippen LogP contribution in [0, 0.1) is 0 Å². The first-order valence-electron chi connectivity index (χ1n) is 5.46. The molecule has 1 aliphatic heterocycles. The highest BCUT2D eigenvalue weighted by atomic mass is 16.5. The number of nitrogens with zero attached hydrogens (tertiary/aromatic N) is 1. The number of fused-ring (bicyclic) bond motifs is 5. The van der Waals surface area contributed by atoms with Crippen molar-refractivity contribution < 1.29 is 13.7 Å². The van der Waals surface area contributed by atoms with Crippen LogP contribution in [0.5, 0.6) is 5.75 Å². The minimum Gasteiger partial charge on any atom is -0.488 e. The summed E-state index contributed by atoms with van der Waals surface area (Å²) in [5.74, 6) is 0.651. The van der Waals surface area contributed by atoms with E-state index in [1.807, 2.05) is 12.1 Å². The van der Waals surface area contributed by atoms with Crippen molar-refractivity contribution in [2.45, 2.75) is 6.61 Å². The summed E-state index contributed by atoms with van der Waals surface area (Å²) in [6.07, 6.45) is 1.54. The molecule has 0 N–H and O–H groups in total. The average Bonchev–Trinajstić information content (AvgIpc) is 2.86. The molecule has 5 heteroatoms. The second-order valence-electron chi connectivity index (χ2n) is 4.09. The number of ether oxygens (including phenoxy) is 1. The van der Waals surface area contributed by atoms with Gasteiger partial charge in [-0.1, -0.05) is 5.16 Å². The Hall–Kier alpha value is -2.56. The van der Waals surface area contributed by atoms with Crippen molar-refractivity contribution in [2.75, 3.05) is 0 Å². The third-order valence-electron chi connectivity index (χ3n) is 3.01. The number of aromatic nitrogens is 1. The van der Waals surface area contributed by atoms with Crippen LogP contribution in [0.1, 0.15) is 5.56 Å². The van der Waals surface area contributed by atoms with Gasteiger partial charge in [0.1, 0.15) is 24.3 Å². The summed E-state index contributed by atoms with van der Waals surface area (Å²) in [5.41, 5.74) is 2.29. The first-order valence-corrected chi connectivity index (χ1v) is 5.46. The molecule has 0 saturated carbocycles. The molecule has 1 aliphatic rings. The molecule has 3 aromatic rings. The van der Waals surface area contributed by atoms with Gasteiger partial charge in [-0.15, -0.1) is 0 Å². The maximum atomic E-state index is 11.4. The van der Waals surface area contributed by atoms with Crippen molar-refractivity contribution in [3.05, 3.63) is 46.5 Å².